The third-order valence-electron chi connectivity index (χ3n) is 3.24. The summed E-state index contributed by atoms with van der Waals surface area (Å²) in [4.78, 5) is 0. The third-order valence-corrected chi connectivity index (χ3v) is 3.24. The number of hydrogen-bond donors (Lipinski definition) is 2. The van der Waals surface area contributed by atoms with Gasteiger partial charge in [0.2, 0.25) is 0 Å². The predicted octanol–water partition coefficient (Wildman–Crippen LogP) is 1.96. The molecule has 3 rings (SSSR count). The van der Waals surface area contributed by atoms with E-state index in [1.165, 1.54) is 0 Å². The summed E-state index contributed by atoms with van der Waals surface area (Å²) in [5, 5.41) is 22.2. The number of rotatable bonds is 3. The molecule has 1 unspecified atom stereocenters. The van der Waals surface area contributed by atoms with E-state index < -0.39 is 5.60 Å². The molecule has 0 radical (unpaired) electrons. The van der Waals surface area contributed by atoms with Gasteiger partial charge in [0, 0.05) is 18.6 Å². The van der Waals surface area contributed by atoms with Crippen molar-refractivity contribution < 1.29 is 14.4 Å². The minimum Gasteiger partial charge on any atom is -0.377 e. The first-order chi connectivity index (χ1) is 10.6. The summed E-state index contributed by atoms with van der Waals surface area (Å²) in [6.45, 7) is 1.86. The van der Waals surface area contributed by atoms with Crippen molar-refractivity contribution in [2.75, 3.05) is 7.11 Å². The van der Waals surface area contributed by atoms with E-state index in [9.17, 15) is 5.11 Å². The lowest BCUT2D eigenvalue weighted by molar-refractivity contribution is 0.111. The Hall–Kier alpha value is -2.62. The zero-order valence-electron chi connectivity index (χ0n) is 12.3. The number of methoxy groups -OCH3 is 1. The van der Waals surface area contributed by atoms with Crippen LogP contribution < -0.4 is 0 Å². The van der Waals surface area contributed by atoms with Crippen LogP contribution in [0.2, 0.25) is 0 Å². The maximum Gasteiger partial charge on any atom is 0.168 e. The van der Waals surface area contributed by atoms with Crippen LogP contribution in [-0.2, 0) is 16.9 Å². The Labute approximate surface area is 127 Å². The summed E-state index contributed by atoms with van der Waals surface area (Å²) >= 11 is 0. The Balaban J connectivity index is 1.90. The van der Waals surface area contributed by atoms with Crippen molar-refractivity contribution in [2.45, 2.75) is 19.1 Å². The van der Waals surface area contributed by atoms with Crippen LogP contribution in [-0.4, -0.2) is 27.6 Å². The van der Waals surface area contributed by atoms with Gasteiger partial charge < -0.3 is 14.4 Å². The van der Waals surface area contributed by atoms with Crippen LogP contribution in [0.3, 0.4) is 0 Å². The largest absolute Gasteiger partial charge is 0.377 e. The zero-order valence-corrected chi connectivity index (χ0v) is 12.3. The Morgan fingerprint density at radius 3 is 3.05 bits per heavy atom. The first kappa shape index (κ1) is 14.3. The number of benzene rings is 1. The Morgan fingerprint density at radius 2 is 2.23 bits per heavy atom. The average molecular weight is 297 g/mol. The monoisotopic (exact) mass is 297 g/mol. The average Bonchev–Trinajstić information content (AvgIpc) is 3.13. The minimum atomic E-state index is -1.43. The highest BCUT2D eigenvalue weighted by molar-refractivity contribution is 5.83. The quantitative estimate of drug-likeness (QED) is 0.722. The van der Waals surface area contributed by atoms with E-state index >= 15 is 0 Å². The summed E-state index contributed by atoms with van der Waals surface area (Å²) in [5.41, 5.74) is 0.393. The fourth-order valence-electron chi connectivity index (χ4n) is 2.06. The number of aromatic amines is 1. The van der Waals surface area contributed by atoms with E-state index in [0.717, 1.165) is 10.9 Å². The summed E-state index contributed by atoms with van der Waals surface area (Å²) in [5.74, 6) is 6.25. The van der Waals surface area contributed by atoms with Gasteiger partial charge in [0.05, 0.1) is 5.52 Å². The van der Waals surface area contributed by atoms with Crippen molar-refractivity contribution in [3.63, 3.8) is 0 Å². The lowest BCUT2D eigenvalue weighted by atomic mass is 10.0. The second kappa shape index (κ2) is 5.64. The van der Waals surface area contributed by atoms with Crippen molar-refractivity contribution in [1.82, 2.24) is 15.4 Å². The van der Waals surface area contributed by atoms with Crippen molar-refractivity contribution in [3.05, 3.63) is 47.5 Å². The maximum absolute atomic E-state index is 10.5. The molecule has 0 aliphatic heterocycles. The Bertz CT molecular complexity index is 852. The number of hydrogen-bond acceptors (Lipinski definition) is 5. The second-order valence-electron chi connectivity index (χ2n) is 5.05. The molecule has 22 heavy (non-hydrogen) atoms. The predicted molar refractivity (Wildman–Crippen MR) is 79.8 cm³/mol. The fraction of sp³-hybridized carbons (Fsp3) is 0.250. The molecule has 2 heterocycles. The minimum absolute atomic E-state index is 0.293. The molecule has 6 heteroatoms. The molecule has 0 saturated carbocycles. The van der Waals surface area contributed by atoms with E-state index in [1.807, 2.05) is 24.3 Å². The molecular weight excluding hydrogens is 282 g/mol. The van der Waals surface area contributed by atoms with E-state index in [0.29, 0.717) is 23.8 Å². The fourth-order valence-corrected chi connectivity index (χ4v) is 2.06. The first-order valence-electron chi connectivity index (χ1n) is 6.74. The van der Waals surface area contributed by atoms with Crippen LogP contribution >= 0.6 is 0 Å². The Kier molecular flexibility index (Phi) is 3.67. The van der Waals surface area contributed by atoms with E-state index in [1.54, 1.807) is 20.1 Å². The molecule has 0 bridgehead atoms. The molecule has 112 valence electrons. The molecule has 3 aromatic rings. The van der Waals surface area contributed by atoms with Crippen LogP contribution in [0.1, 0.15) is 24.1 Å². The van der Waals surface area contributed by atoms with Gasteiger partial charge in [-0.25, -0.2) is 0 Å². The van der Waals surface area contributed by atoms with Crippen molar-refractivity contribution in [3.8, 4) is 11.8 Å². The van der Waals surface area contributed by atoms with Gasteiger partial charge in [-0.1, -0.05) is 23.2 Å². The third kappa shape index (κ3) is 2.72. The van der Waals surface area contributed by atoms with Gasteiger partial charge in [0.25, 0.3) is 0 Å². The smallest absolute Gasteiger partial charge is 0.168 e. The number of nitrogens with zero attached hydrogens (tertiary/aromatic N) is 2. The molecule has 0 amide bonds. The number of H-pyrrole nitrogens is 1. The lowest BCUT2D eigenvalue weighted by Gasteiger charge is -2.11. The normalized spacial score (nSPS) is 13.6. The van der Waals surface area contributed by atoms with Gasteiger partial charge in [-0.05, 0) is 25.0 Å². The zero-order chi connectivity index (χ0) is 15.6. The molecule has 0 aliphatic rings. The summed E-state index contributed by atoms with van der Waals surface area (Å²) in [6.07, 6.45) is 0. The molecule has 0 aliphatic carbocycles. The highest BCUT2D eigenvalue weighted by Gasteiger charge is 2.25. The van der Waals surface area contributed by atoms with Gasteiger partial charge >= 0.3 is 0 Å². The van der Waals surface area contributed by atoms with Crippen LogP contribution in [0.15, 0.2) is 34.9 Å². The summed E-state index contributed by atoms with van der Waals surface area (Å²) in [6, 6.07) is 9.26. The van der Waals surface area contributed by atoms with Gasteiger partial charge in [0.1, 0.15) is 18.0 Å². The van der Waals surface area contributed by atoms with Gasteiger partial charge in [-0.15, -0.1) is 0 Å². The van der Waals surface area contributed by atoms with Crippen LogP contribution in [0.25, 0.3) is 10.9 Å². The number of nitrogens with one attached hydrogen (secondary N) is 1. The van der Waals surface area contributed by atoms with Gasteiger partial charge in [0.15, 0.2) is 11.4 Å². The van der Waals surface area contributed by atoms with Gasteiger partial charge in [-0.3, -0.25) is 5.10 Å². The summed E-state index contributed by atoms with van der Waals surface area (Å²) in [7, 11) is 1.56. The molecule has 0 spiro atoms. The summed E-state index contributed by atoms with van der Waals surface area (Å²) < 4.78 is 10.0. The molecule has 1 atom stereocenters. The molecule has 2 N–H and O–H groups in total. The highest BCUT2D eigenvalue weighted by atomic mass is 16.5. The number of aliphatic hydroxyl groups is 1. The molecule has 1 aromatic carbocycles. The number of aromatic nitrogens is 3. The van der Waals surface area contributed by atoms with Crippen molar-refractivity contribution >= 4 is 10.9 Å². The van der Waals surface area contributed by atoms with Gasteiger partial charge in [-0.2, -0.15) is 5.10 Å². The van der Waals surface area contributed by atoms with Crippen LogP contribution in [0, 0.1) is 11.8 Å². The molecular formula is C16H15N3O3. The number of ether oxygens (including phenoxy) is 1. The maximum atomic E-state index is 10.5. The molecule has 0 fully saturated rings. The van der Waals surface area contributed by atoms with Crippen molar-refractivity contribution in [2.24, 2.45) is 0 Å². The van der Waals surface area contributed by atoms with E-state index in [4.69, 9.17) is 9.26 Å². The SMILES string of the molecule is COCc1cc(C(C)(O)C#Cc2[nH]nc3ccccc23)no1. The molecule has 0 saturated heterocycles. The molecule has 2 aromatic heterocycles. The topological polar surface area (TPSA) is 84.2 Å². The first-order valence-corrected chi connectivity index (χ1v) is 6.74. The highest BCUT2D eigenvalue weighted by Crippen LogP contribution is 2.21. The Morgan fingerprint density at radius 1 is 1.41 bits per heavy atom. The lowest BCUT2D eigenvalue weighted by Crippen LogP contribution is -2.18. The van der Waals surface area contributed by atoms with Crippen LogP contribution in [0.5, 0.6) is 0 Å². The van der Waals surface area contributed by atoms with E-state index in [2.05, 4.69) is 27.2 Å². The van der Waals surface area contributed by atoms with Crippen LogP contribution in [0.4, 0.5) is 0 Å². The molecule has 6 nitrogen and oxygen atoms in total. The number of para-hydroxylation sites is 1. The second-order valence-corrected chi connectivity index (χ2v) is 5.05. The van der Waals surface area contributed by atoms with E-state index in [-0.39, 0.29) is 0 Å². The number of fused-ring (bicyclic) bond motifs is 1. The standard InChI is InChI=1S/C16H15N3O3/c1-16(20,15-9-11(10-21-2)22-19-15)8-7-14-12-5-3-4-6-13(12)17-18-14/h3-6,9,20H,10H2,1-2H3,(H,17,18). The van der Waals surface area contributed by atoms with Crippen molar-refractivity contribution in [1.29, 1.82) is 0 Å².